The molecular formula is C23H27N5O. The maximum Gasteiger partial charge on any atom is 0.255 e. The lowest BCUT2D eigenvalue weighted by atomic mass is 9.95. The fourth-order valence-electron chi connectivity index (χ4n) is 4.43. The number of H-pyrrole nitrogens is 1. The molecule has 6 heteroatoms. The molecule has 3 aromatic rings. The molecule has 5 rings (SSSR count). The first-order valence-corrected chi connectivity index (χ1v) is 10.5. The molecule has 1 aliphatic heterocycles. The van der Waals surface area contributed by atoms with Gasteiger partial charge in [0.05, 0.1) is 11.9 Å². The number of hydrogen-bond acceptors (Lipinski definition) is 4. The Morgan fingerprint density at radius 3 is 2.69 bits per heavy atom. The highest BCUT2D eigenvalue weighted by Gasteiger charge is 2.18. The number of anilines is 2. The van der Waals surface area contributed by atoms with Crippen molar-refractivity contribution in [2.45, 2.75) is 25.7 Å². The minimum atomic E-state index is -0.0909. The molecule has 1 aromatic carbocycles. The molecule has 0 unspecified atom stereocenters. The van der Waals surface area contributed by atoms with E-state index in [-0.39, 0.29) is 5.91 Å². The number of nitrogens with one attached hydrogen (secondary N) is 2. The molecule has 3 heterocycles. The number of likely N-dealkylation sites (N-methyl/N-ethyl adjacent to an activating group) is 1. The number of hydrogen-bond donors (Lipinski definition) is 2. The van der Waals surface area contributed by atoms with Crippen molar-refractivity contribution in [2.75, 3.05) is 43.4 Å². The van der Waals surface area contributed by atoms with Crippen molar-refractivity contribution >= 4 is 28.3 Å². The summed E-state index contributed by atoms with van der Waals surface area (Å²) in [5.41, 5.74) is 5.27. The highest BCUT2D eigenvalue weighted by Crippen LogP contribution is 2.30. The van der Waals surface area contributed by atoms with Gasteiger partial charge in [-0.2, -0.15) is 0 Å². The van der Waals surface area contributed by atoms with Gasteiger partial charge in [-0.15, -0.1) is 0 Å². The summed E-state index contributed by atoms with van der Waals surface area (Å²) in [6, 6.07) is 9.88. The smallest absolute Gasteiger partial charge is 0.255 e. The molecule has 29 heavy (non-hydrogen) atoms. The predicted molar refractivity (Wildman–Crippen MR) is 117 cm³/mol. The lowest BCUT2D eigenvalue weighted by Crippen LogP contribution is -2.44. The summed E-state index contributed by atoms with van der Waals surface area (Å²) in [5.74, 6) is 0.878. The van der Waals surface area contributed by atoms with Crippen LogP contribution in [-0.4, -0.2) is 54.0 Å². The first-order chi connectivity index (χ1) is 14.2. The Balaban J connectivity index is 1.31. The fourth-order valence-corrected chi connectivity index (χ4v) is 4.43. The lowest BCUT2D eigenvalue weighted by molar-refractivity contribution is 0.102. The van der Waals surface area contributed by atoms with Crippen LogP contribution in [0.3, 0.4) is 0 Å². The highest BCUT2D eigenvalue weighted by molar-refractivity contribution is 6.06. The molecule has 1 saturated heterocycles. The van der Waals surface area contributed by atoms with E-state index in [1.807, 2.05) is 30.3 Å². The van der Waals surface area contributed by atoms with E-state index < -0.39 is 0 Å². The van der Waals surface area contributed by atoms with Gasteiger partial charge in [-0.1, -0.05) is 0 Å². The zero-order chi connectivity index (χ0) is 19.8. The highest BCUT2D eigenvalue weighted by atomic mass is 16.1. The number of fused-ring (bicyclic) bond motifs is 3. The zero-order valence-electron chi connectivity index (χ0n) is 16.9. The zero-order valence-corrected chi connectivity index (χ0v) is 16.9. The molecule has 1 aliphatic carbocycles. The number of carbonyl (C=O) groups excluding carboxylic acids is 1. The first-order valence-electron chi connectivity index (χ1n) is 10.5. The molecule has 1 amide bonds. The van der Waals surface area contributed by atoms with Crippen LogP contribution in [0, 0.1) is 0 Å². The number of aromatic nitrogens is 2. The number of aryl methyl sites for hydroxylation is 2. The van der Waals surface area contributed by atoms with Crippen molar-refractivity contribution in [3.8, 4) is 0 Å². The summed E-state index contributed by atoms with van der Waals surface area (Å²) >= 11 is 0. The predicted octanol–water partition coefficient (Wildman–Crippen LogP) is 3.45. The van der Waals surface area contributed by atoms with Gasteiger partial charge in [0.2, 0.25) is 0 Å². The lowest BCUT2D eigenvalue weighted by Gasteiger charge is -2.33. The van der Waals surface area contributed by atoms with E-state index in [4.69, 9.17) is 0 Å². The number of benzene rings is 1. The molecule has 0 atom stereocenters. The van der Waals surface area contributed by atoms with Gasteiger partial charge in [0.1, 0.15) is 5.82 Å². The van der Waals surface area contributed by atoms with Gasteiger partial charge in [-0.3, -0.25) is 4.79 Å². The van der Waals surface area contributed by atoms with Gasteiger partial charge in [0.25, 0.3) is 5.91 Å². The Hall–Kier alpha value is -2.86. The van der Waals surface area contributed by atoms with E-state index in [1.165, 1.54) is 29.5 Å². The second-order valence-electron chi connectivity index (χ2n) is 8.20. The molecule has 0 bridgehead atoms. The maximum absolute atomic E-state index is 12.8. The van der Waals surface area contributed by atoms with E-state index in [9.17, 15) is 4.79 Å². The molecule has 2 N–H and O–H groups in total. The van der Waals surface area contributed by atoms with Gasteiger partial charge < -0.3 is 20.1 Å². The summed E-state index contributed by atoms with van der Waals surface area (Å²) in [6.45, 7) is 4.06. The van der Waals surface area contributed by atoms with E-state index >= 15 is 0 Å². The Morgan fingerprint density at radius 2 is 1.90 bits per heavy atom. The molecule has 2 aromatic heterocycles. The SMILES string of the molecule is CN1CCN(c2ccc(NC(=O)c3ccc4[nH]c5c(c4c3)CCCC5)cn2)CC1. The summed E-state index contributed by atoms with van der Waals surface area (Å²) in [4.78, 5) is 25.5. The molecule has 1 fully saturated rings. The third-order valence-corrected chi connectivity index (χ3v) is 6.19. The molecule has 150 valence electrons. The summed E-state index contributed by atoms with van der Waals surface area (Å²) < 4.78 is 0. The van der Waals surface area contributed by atoms with Crippen molar-refractivity contribution in [1.29, 1.82) is 0 Å². The van der Waals surface area contributed by atoms with Crippen LogP contribution >= 0.6 is 0 Å². The second kappa shape index (κ2) is 7.52. The summed E-state index contributed by atoms with van der Waals surface area (Å²) in [6.07, 6.45) is 6.42. The van der Waals surface area contributed by atoms with Crippen molar-refractivity contribution in [3.63, 3.8) is 0 Å². The minimum absolute atomic E-state index is 0.0909. The van der Waals surface area contributed by atoms with Crippen LogP contribution in [0.2, 0.25) is 0 Å². The van der Waals surface area contributed by atoms with Gasteiger partial charge in [0.15, 0.2) is 0 Å². The number of pyridine rings is 1. The number of aromatic amines is 1. The maximum atomic E-state index is 12.8. The van der Waals surface area contributed by atoms with Gasteiger partial charge >= 0.3 is 0 Å². The van der Waals surface area contributed by atoms with E-state index in [1.54, 1.807) is 6.20 Å². The molecule has 0 spiro atoms. The molecule has 6 nitrogen and oxygen atoms in total. The largest absolute Gasteiger partial charge is 0.358 e. The van der Waals surface area contributed by atoms with Crippen molar-refractivity contribution in [2.24, 2.45) is 0 Å². The number of nitrogens with zero attached hydrogens (tertiary/aromatic N) is 3. The minimum Gasteiger partial charge on any atom is -0.358 e. The molecule has 2 aliphatic rings. The van der Waals surface area contributed by atoms with Crippen LogP contribution in [0.5, 0.6) is 0 Å². The fraction of sp³-hybridized carbons (Fsp3) is 0.391. The van der Waals surface area contributed by atoms with Crippen LogP contribution in [0.25, 0.3) is 10.9 Å². The molecule has 0 saturated carbocycles. The normalized spacial score (nSPS) is 17.3. The van der Waals surface area contributed by atoms with Crippen LogP contribution in [-0.2, 0) is 12.8 Å². The summed E-state index contributed by atoms with van der Waals surface area (Å²) in [5, 5.41) is 4.18. The third-order valence-electron chi connectivity index (χ3n) is 6.19. The van der Waals surface area contributed by atoms with Gasteiger partial charge in [-0.05, 0) is 68.6 Å². The number of rotatable bonds is 3. The van der Waals surface area contributed by atoms with Gasteiger partial charge in [0, 0.05) is 48.3 Å². The van der Waals surface area contributed by atoms with Gasteiger partial charge in [-0.25, -0.2) is 4.98 Å². The first kappa shape index (κ1) is 18.2. The second-order valence-corrected chi connectivity index (χ2v) is 8.20. The van der Waals surface area contributed by atoms with E-state index in [0.29, 0.717) is 5.56 Å². The average Bonchev–Trinajstić information content (AvgIpc) is 3.13. The Bertz CT molecular complexity index is 1030. The molecular weight excluding hydrogens is 362 g/mol. The van der Waals surface area contributed by atoms with Crippen LogP contribution in [0.4, 0.5) is 11.5 Å². The van der Waals surface area contributed by atoms with E-state index in [0.717, 1.165) is 56.0 Å². The number of carbonyl (C=O) groups is 1. The van der Waals surface area contributed by atoms with Crippen LogP contribution in [0.15, 0.2) is 36.5 Å². The molecule has 0 radical (unpaired) electrons. The number of piperazine rings is 1. The summed E-state index contributed by atoms with van der Waals surface area (Å²) in [7, 11) is 2.14. The van der Waals surface area contributed by atoms with Crippen LogP contribution in [0.1, 0.15) is 34.5 Å². The topological polar surface area (TPSA) is 64.3 Å². The number of amides is 1. The Kier molecular flexibility index (Phi) is 4.72. The quantitative estimate of drug-likeness (QED) is 0.720. The monoisotopic (exact) mass is 389 g/mol. The van der Waals surface area contributed by atoms with Crippen LogP contribution < -0.4 is 10.2 Å². The third kappa shape index (κ3) is 3.60. The Labute approximate surface area is 170 Å². The van der Waals surface area contributed by atoms with Crippen molar-refractivity contribution in [1.82, 2.24) is 14.9 Å². The Morgan fingerprint density at radius 1 is 1.07 bits per heavy atom. The van der Waals surface area contributed by atoms with Crippen molar-refractivity contribution in [3.05, 3.63) is 53.3 Å². The van der Waals surface area contributed by atoms with E-state index in [2.05, 4.69) is 32.1 Å². The average molecular weight is 390 g/mol. The van der Waals surface area contributed by atoms with Crippen molar-refractivity contribution < 1.29 is 4.79 Å². The standard InChI is InChI=1S/C23H27N5O/c1-27-10-12-28(13-11-27)22-9-7-17(15-24-22)25-23(29)16-6-8-21-19(14-16)18-4-2-3-5-20(18)26-21/h6-9,14-15,26H,2-5,10-13H2,1H3,(H,25,29).